The molecule has 0 aliphatic heterocycles. The molecule has 1 rings (SSSR count). The van der Waals surface area contributed by atoms with Crippen molar-refractivity contribution in [2.24, 2.45) is 18.9 Å². The second kappa shape index (κ2) is 5.94. The van der Waals surface area contributed by atoms with Crippen molar-refractivity contribution >= 4 is 0 Å². The topological polar surface area (TPSA) is 17.8 Å². The SMILES string of the molecule is CCCC(Cc1cnn(C)c1)CC(C)C. The predicted octanol–water partition coefficient (Wildman–Crippen LogP) is 3.43. The first-order chi connectivity index (χ1) is 7.11. The molecule has 0 saturated carbocycles. The Morgan fingerprint density at radius 3 is 2.60 bits per heavy atom. The van der Waals surface area contributed by atoms with Gasteiger partial charge in [0.25, 0.3) is 0 Å². The minimum atomic E-state index is 0.804. The van der Waals surface area contributed by atoms with Gasteiger partial charge in [-0.2, -0.15) is 5.10 Å². The van der Waals surface area contributed by atoms with Gasteiger partial charge in [-0.05, 0) is 30.2 Å². The Kier molecular flexibility index (Phi) is 4.86. The number of hydrogen-bond donors (Lipinski definition) is 0. The van der Waals surface area contributed by atoms with Gasteiger partial charge in [-0.15, -0.1) is 0 Å². The van der Waals surface area contributed by atoms with Crippen LogP contribution in [0.5, 0.6) is 0 Å². The summed E-state index contributed by atoms with van der Waals surface area (Å²) in [7, 11) is 1.99. The second-order valence-corrected chi connectivity index (χ2v) is 5.01. The first kappa shape index (κ1) is 12.3. The largest absolute Gasteiger partial charge is 0.276 e. The minimum absolute atomic E-state index is 0.804. The lowest BCUT2D eigenvalue weighted by molar-refractivity contribution is 0.381. The van der Waals surface area contributed by atoms with Crippen molar-refractivity contribution in [3.63, 3.8) is 0 Å². The van der Waals surface area contributed by atoms with E-state index in [1.54, 1.807) is 0 Å². The molecule has 0 fully saturated rings. The van der Waals surface area contributed by atoms with Crippen LogP contribution < -0.4 is 0 Å². The fourth-order valence-corrected chi connectivity index (χ4v) is 2.29. The fourth-order valence-electron chi connectivity index (χ4n) is 2.29. The Morgan fingerprint density at radius 1 is 1.40 bits per heavy atom. The summed E-state index contributed by atoms with van der Waals surface area (Å²) in [6, 6.07) is 0. The van der Waals surface area contributed by atoms with Crippen LogP contribution in [0.3, 0.4) is 0 Å². The molecule has 15 heavy (non-hydrogen) atoms. The zero-order valence-electron chi connectivity index (χ0n) is 10.5. The Morgan fingerprint density at radius 2 is 2.13 bits per heavy atom. The maximum Gasteiger partial charge on any atom is 0.0521 e. The van der Waals surface area contributed by atoms with Crippen LogP contribution in [-0.2, 0) is 13.5 Å². The van der Waals surface area contributed by atoms with E-state index in [2.05, 4.69) is 32.1 Å². The molecule has 0 radical (unpaired) electrons. The monoisotopic (exact) mass is 208 g/mol. The second-order valence-electron chi connectivity index (χ2n) is 5.01. The summed E-state index contributed by atoms with van der Waals surface area (Å²) in [5.74, 6) is 1.64. The number of nitrogens with zero attached hydrogens (tertiary/aromatic N) is 2. The van der Waals surface area contributed by atoms with Crippen LogP contribution in [0.4, 0.5) is 0 Å². The van der Waals surface area contributed by atoms with Gasteiger partial charge in [-0.25, -0.2) is 0 Å². The maximum absolute atomic E-state index is 4.23. The number of aryl methyl sites for hydroxylation is 1. The molecule has 86 valence electrons. The summed E-state index contributed by atoms with van der Waals surface area (Å²) in [4.78, 5) is 0. The zero-order chi connectivity index (χ0) is 11.3. The van der Waals surface area contributed by atoms with Crippen molar-refractivity contribution in [3.05, 3.63) is 18.0 Å². The molecule has 0 saturated heterocycles. The van der Waals surface area contributed by atoms with Crippen molar-refractivity contribution in [1.82, 2.24) is 9.78 Å². The van der Waals surface area contributed by atoms with E-state index < -0.39 is 0 Å². The normalized spacial score (nSPS) is 13.4. The zero-order valence-corrected chi connectivity index (χ0v) is 10.5. The van der Waals surface area contributed by atoms with E-state index in [1.807, 2.05) is 17.9 Å². The molecule has 0 amide bonds. The summed E-state index contributed by atoms with van der Waals surface area (Å²) < 4.78 is 1.90. The lowest BCUT2D eigenvalue weighted by Gasteiger charge is -2.17. The number of hydrogen-bond acceptors (Lipinski definition) is 1. The highest BCUT2D eigenvalue weighted by Gasteiger charge is 2.11. The lowest BCUT2D eigenvalue weighted by Crippen LogP contribution is -2.07. The highest BCUT2D eigenvalue weighted by Crippen LogP contribution is 2.21. The summed E-state index contributed by atoms with van der Waals surface area (Å²) in [6.45, 7) is 6.90. The van der Waals surface area contributed by atoms with Crippen molar-refractivity contribution in [1.29, 1.82) is 0 Å². The number of rotatable bonds is 6. The molecule has 1 heterocycles. The Labute approximate surface area is 93.7 Å². The van der Waals surface area contributed by atoms with Crippen LogP contribution >= 0.6 is 0 Å². The van der Waals surface area contributed by atoms with Crippen molar-refractivity contribution < 1.29 is 0 Å². The third-order valence-electron chi connectivity index (χ3n) is 2.78. The van der Waals surface area contributed by atoms with Gasteiger partial charge in [-0.3, -0.25) is 4.68 Å². The summed E-state index contributed by atoms with van der Waals surface area (Å²) >= 11 is 0. The first-order valence-corrected chi connectivity index (χ1v) is 6.09. The molecule has 1 unspecified atom stereocenters. The molecule has 0 bridgehead atoms. The van der Waals surface area contributed by atoms with Gasteiger partial charge in [0, 0.05) is 13.2 Å². The average Bonchev–Trinajstić information content (AvgIpc) is 2.50. The van der Waals surface area contributed by atoms with Crippen LogP contribution in [0.2, 0.25) is 0 Å². The van der Waals surface area contributed by atoms with Crippen LogP contribution in [0.1, 0.15) is 45.6 Å². The first-order valence-electron chi connectivity index (χ1n) is 6.09. The summed E-state index contributed by atoms with van der Waals surface area (Å²) in [6.07, 6.45) is 9.30. The molecule has 1 atom stereocenters. The molecule has 1 aromatic heterocycles. The molecule has 1 aromatic rings. The maximum atomic E-state index is 4.23. The predicted molar refractivity (Wildman–Crippen MR) is 64.8 cm³/mol. The molecule has 0 N–H and O–H groups in total. The van der Waals surface area contributed by atoms with Crippen LogP contribution in [-0.4, -0.2) is 9.78 Å². The van der Waals surface area contributed by atoms with E-state index >= 15 is 0 Å². The van der Waals surface area contributed by atoms with Gasteiger partial charge < -0.3 is 0 Å². The van der Waals surface area contributed by atoms with Crippen molar-refractivity contribution in [2.75, 3.05) is 0 Å². The van der Waals surface area contributed by atoms with Gasteiger partial charge in [0.15, 0.2) is 0 Å². The third-order valence-corrected chi connectivity index (χ3v) is 2.78. The fraction of sp³-hybridized carbons (Fsp3) is 0.769. The molecule has 0 aliphatic rings. The van der Waals surface area contributed by atoms with Crippen molar-refractivity contribution in [2.45, 2.75) is 46.5 Å². The highest BCUT2D eigenvalue weighted by molar-refractivity contribution is 5.04. The third kappa shape index (κ3) is 4.50. The number of aromatic nitrogens is 2. The van der Waals surface area contributed by atoms with Crippen LogP contribution in [0.25, 0.3) is 0 Å². The van der Waals surface area contributed by atoms with Gasteiger partial charge in [-0.1, -0.05) is 33.6 Å². The lowest BCUT2D eigenvalue weighted by atomic mass is 9.88. The summed E-state index contributed by atoms with van der Waals surface area (Å²) in [5.41, 5.74) is 1.39. The molecule has 2 nitrogen and oxygen atoms in total. The highest BCUT2D eigenvalue weighted by atomic mass is 15.2. The van der Waals surface area contributed by atoms with Crippen molar-refractivity contribution in [3.8, 4) is 0 Å². The van der Waals surface area contributed by atoms with Gasteiger partial charge in [0.1, 0.15) is 0 Å². The van der Waals surface area contributed by atoms with Crippen LogP contribution in [0.15, 0.2) is 12.4 Å². The average molecular weight is 208 g/mol. The Bertz CT molecular complexity index is 276. The Balaban J connectivity index is 2.50. The smallest absolute Gasteiger partial charge is 0.0521 e. The molecule has 0 aliphatic carbocycles. The van der Waals surface area contributed by atoms with E-state index in [-0.39, 0.29) is 0 Å². The van der Waals surface area contributed by atoms with Gasteiger partial charge in [0.2, 0.25) is 0 Å². The molecule has 0 aromatic carbocycles. The van der Waals surface area contributed by atoms with Gasteiger partial charge >= 0.3 is 0 Å². The minimum Gasteiger partial charge on any atom is -0.276 e. The van der Waals surface area contributed by atoms with E-state index in [9.17, 15) is 0 Å². The van der Waals surface area contributed by atoms with Gasteiger partial charge in [0.05, 0.1) is 6.20 Å². The van der Waals surface area contributed by atoms with E-state index in [4.69, 9.17) is 0 Å². The Hall–Kier alpha value is -0.790. The quantitative estimate of drug-likeness (QED) is 0.700. The summed E-state index contributed by atoms with van der Waals surface area (Å²) in [5, 5.41) is 4.23. The van der Waals surface area contributed by atoms with E-state index in [0.717, 1.165) is 11.8 Å². The molecule has 2 heteroatoms. The van der Waals surface area contributed by atoms with E-state index in [0.29, 0.717) is 0 Å². The van der Waals surface area contributed by atoms with E-state index in [1.165, 1.54) is 31.2 Å². The molecular formula is C13H24N2. The standard InChI is InChI=1S/C13H24N2/c1-5-6-12(7-11(2)3)8-13-9-14-15(4)10-13/h9-12H,5-8H2,1-4H3. The molecular weight excluding hydrogens is 184 g/mol. The van der Waals surface area contributed by atoms with Crippen LogP contribution in [0, 0.1) is 11.8 Å². The molecule has 0 spiro atoms.